The highest BCUT2D eigenvalue weighted by Crippen LogP contribution is 2.26. The Morgan fingerprint density at radius 3 is 2.29 bits per heavy atom. The zero-order valence-corrected chi connectivity index (χ0v) is 12.3. The first-order valence-electron chi connectivity index (χ1n) is 7.48. The van der Waals surface area contributed by atoms with Crippen molar-refractivity contribution in [2.75, 3.05) is 12.3 Å². The second kappa shape index (κ2) is 7.11. The van der Waals surface area contributed by atoms with Gasteiger partial charge < -0.3 is 16.4 Å². The van der Waals surface area contributed by atoms with Gasteiger partial charge in [-0.2, -0.15) is 0 Å². The third-order valence-electron chi connectivity index (χ3n) is 3.97. The first kappa shape index (κ1) is 15.4. The highest BCUT2D eigenvalue weighted by molar-refractivity contribution is 5.85. The zero-order valence-electron chi connectivity index (χ0n) is 12.3. The van der Waals surface area contributed by atoms with Crippen molar-refractivity contribution in [1.29, 1.82) is 0 Å². The summed E-state index contributed by atoms with van der Waals surface area (Å²) in [5.74, 6) is -0.396. The van der Waals surface area contributed by atoms with E-state index in [1.807, 2.05) is 12.1 Å². The van der Waals surface area contributed by atoms with Gasteiger partial charge in [-0.25, -0.2) is 0 Å². The smallest absolute Gasteiger partial charge is 0.237 e. The van der Waals surface area contributed by atoms with Crippen molar-refractivity contribution in [3.63, 3.8) is 0 Å². The number of primary amides is 1. The summed E-state index contributed by atoms with van der Waals surface area (Å²) in [5.41, 5.74) is 12.6. The van der Waals surface area contributed by atoms with Crippen molar-refractivity contribution in [2.24, 2.45) is 11.7 Å². The molecule has 0 spiro atoms. The Morgan fingerprint density at radius 2 is 1.71 bits per heavy atom. The van der Waals surface area contributed by atoms with Crippen molar-refractivity contribution in [3.05, 3.63) is 29.8 Å². The van der Waals surface area contributed by atoms with Crippen molar-refractivity contribution in [3.8, 4) is 0 Å². The van der Waals surface area contributed by atoms with Crippen molar-refractivity contribution >= 4 is 17.5 Å². The molecule has 4 N–H and O–H groups in total. The van der Waals surface area contributed by atoms with Gasteiger partial charge in [0.25, 0.3) is 0 Å². The Labute approximate surface area is 125 Å². The highest BCUT2D eigenvalue weighted by Gasteiger charge is 2.26. The van der Waals surface area contributed by atoms with Gasteiger partial charge in [0, 0.05) is 18.2 Å². The number of rotatable bonds is 5. The maximum atomic E-state index is 12.6. The van der Waals surface area contributed by atoms with Crippen LogP contribution in [0.15, 0.2) is 24.3 Å². The fourth-order valence-corrected chi connectivity index (χ4v) is 2.85. The average molecular weight is 289 g/mol. The van der Waals surface area contributed by atoms with Gasteiger partial charge >= 0.3 is 0 Å². The first-order valence-corrected chi connectivity index (χ1v) is 7.48. The monoisotopic (exact) mass is 289 g/mol. The van der Waals surface area contributed by atoms with E-state index < -0.39 is 5.91 Å². The van der Waals surface area contributed by atoms with E-state index >= 15 is 0 Å². The minimum atomic E-state index is -0.477. The molecule has 1 aliphatic rings. The fourth-order valence-electron chi connectivity index (χ4n) is 2.85. The van der Waals surface area contributed by atoms with Crippen LogP contribution in [0.1, 0.15) is 37.7 Å². The number of nitrogens with zero attached hydrogens (tertiary/aromatic N) is 1. The minimum Gasteiger partial charge on any atom is -0.399 e. The van der Waals surface area contributed by atoms with Gasteiger partial charge in [0.1, 0.15) is 0 Å². The van der Waals surface area contributed by atoms with Gasteiger partial charge in [-0.05, 0) is 30.5 Å². The van der Waals surface area contributed by atoms with Gasteiger partial charge in [0.15, 0.2) is 0 Å². The van der Waals surface area contributed by atoms with E-state index in [0.29, 0.717) is 12.2 Å². The molecule has 1 saturated carbocycles. The molecule has 0 saturated heterocycles. The topological polar surface area (TPSA) is 89.4 Å². The molecule has 114 valence electrons. The van der Waals surface area contributed by atoms with Crippen molar-refractivity contribution in [2.45, 2.75) is 38.6 Å². The Kier molecular flexibility index (Phi) is 5.20. The van der Waals surface area contributed by atoms with E-state index in [0.717, 1.165) is 31.2 Å². The van der Waals surface area contributed by atoms with Gasteiger partial charge in [0.05, 0.1) is 6.54 Å². The van der Waals surface area contributed by atoms with Crippen LogP contribution in [0.4, 0.5) is 5.69 Å². The van der Waals surface area contributed by atoms with E-state index in [1.54, 1.807) is 17.0 Å². The molecule has 5 heteroatoms. The second-order valence-corrected chi connectivity index (χ2v) is 5.74. The summed E-state index contributed by atoms with van der Waals surface area (Å²) in [6.45, 7) is 0.373. The SMILES string of the molecule is NC(=O)CN(Cc1ccc(N)cc1)C(=O)C1CCCCC1. The molecule has 0 aliphatic heterocycles. The van der Waals surface area contributed by atoms with E-state index in [-0.39, 0.29) is 18.4 Å². The van der Waals surface area contributed by atoms with Crippen LogP contribution >= 0.6 is 0 Å². The molecule has 1 aromatic rings. The van der Waals surface area contributed by atoms with Crippen LogP contribution in [0.5, 0.6) is 0 Å². The number of hydrogen-bond acceptors (Lipinski definition) is 3. The molecule has 21 heavy (non-hydrogen) atoms. The lowest BCUT2D eigenvalue weighted by molar-refractivity contribution is -0.140. The standard InChI is InChI=1S/C16H23N3O2/c17-14-8-6-12(7-9-14)10-19(11-15(18)20)16(21)13-4-2-1-3-5-13/h6-9,13H,1-5,10-11,17H2,(H2,18,20). The molecule has 1 aliphatic carbocycles. The quantitative estimate of drug-likeness (QED) is 0.808. The number of amides is 2. The summed E-state index contributed by atoms with van der Waals surface area (Å²) >= 11 is 0. The average Bonchev–Trinajstić information content (AvgIpc) is 2.48. The molecule has 0 unspecified atom stereocenters. The summed E-state index contributed by atoms with van der Waals surface area (Å²) in [7, 11) is 0. The third-order valence-corrected chi connectivity index (χ3v) is 3.97. The summed E-state index contributed by atoms with van der Waals surface area (Å²) in [5, 5.41) is 0. The molecule has 5 nitrogen and oxygen atoms in total. The van der Waals surface area contributed by atoms with Crippen LogP contribution in [-0.2, 0) is 16.1 Å². The predicted octanol–water partition coefficient (Wildman–Crippen LogP) is 1.66. The highest BCUT2D eigenvalue weighted by atomic mass is 16.2. The third kappa shape index (κ3) is 4.48. The Morgan fingerprint density at radius 1 is 1.10 bits per heavy atom. The number of benzene rings is 1. The molecule has 0 atom stereocenters. The maximum Gasteiger partial charge on any atom is 0.237 e. The summed E-state index contributed by atoms with van der Waals surface area (Å²) in [6.07, 6.45) is 5.19. The molecule has 0 heterocycles. The van der Waals surface area contributed by atoms with Crippen LogP contribution in [0.25, 0.3) is 0 Å². The van der Waals surface area contributed by atoms with Crippen LogP contribution < -0.4 is 11.5 Å². The Bertz CT molecular complexity index is 493. The number of hydrogen-bond donors (Lipinski definition) is 2. The van der Waals surface area contributed by atoms with Crippen LogP contribution in [0, 0.1) is 5.92 Å². The summed E-state index contributed by atoms with van der Waals surface area (Å²) in [6, 6.07) is 7.33. The zero-order chi connectivity index (χ0) is 15.2. The van der Waals surface area contributed by atoms with Crippen molar-refractivity contribution < 1.29 is 9.59 Å². The maximum absolute atomic E-state index is 12.6. The van der Waals surface area contributed by atoms with Crippen LogP contribution in [0.3, 0.4) is 0 Å². The lowest BCUT2D eigenvalue weighted by Gasteiger charge is -2.28. The van der Waals surface area contributed by atoms with E-state index in [4.69, 9.17) is 11.5 Å². The van der Waals surface area contributed by atoms with E-state index in [2.05, 4.69) is 0 Å². The molecule has 1 fully saturated rings. The number of nitrogen functional groups attached to an aromatic ring is 1. The number of anilines is 1. The molecular weight excluding hydrogens is 266 g/mol. The second-order valence-electron chi connectivity index (χ2n) is 5.74. The van der Waals surface area contributed by atoms with Crippen molar-refractivity contribution in [1.82, 2.24) is 4.90 Å². The minimum absolute atomic E-state index is 0.0281. The van der Waals surface area contributed by atoms with Gasteiger partial charge in [-0.15, -0.1) is 0 Å². The van der Waals surface area contributed by atoms with Gasteiger partial charge in [-0.1, -0.05) is 31.4 Å². The first-order chi connectivity index (χ1) is 10.1. The molecule has 0 bridgehead atoms. The number of carbonyl (C=O) groups is 2. The van der Waals surface area contributed by atoms with Crippen LogP contribution in [-0.4, -0.2) is 23.3 Å². The largest absolute Gasteiger partial charge is 0.399 e. The Hall–Kier alpha value is -2.04. The molecule has 0 radical (unpaired) electrons. The predicted molar refractivity (Wildman–Crippen MR) is 82.0 cm³/mol. The molecule has 1 aromatic carbocycles. The molecule has 2 amide bonds. The Balaban J connectivity index is 2.07. The fraction of sp³-hybridized carbons (Fsp3) is 0.500. The number of carbonyl (C=O) groups excluding carboxylic acids is 2. The lowest BCUT2D eigenvalue weighted by Crippen LogP contribution is -2.41. The van der Waals surface area contributed by atoms with E-state index in [9.17, 15) is 9.59 Å². The molecule has 2 rings (SSSR count). The number of nitrogens with two attached hydrogens (primary N) is 2. The summed E-state index contributed by atoms with van der Waals surface area (Å²) in [4.78, 5) is 25.4. The van der Waals surface area contributed by atoms with Gasteiger partial charge in [-0.3, -0.25) is 9.59 Å². The molecule has 0 aromatic heterocycles. The van der Waals surface area contributed by atoms with E-state index in [1.165, 1.54) is 6.42 Å². The van der Waals surface area contributed by atoms with Crippen LogP contribution in [0.2, 0.25) is 0 Å². The molecular formula is C16H23N3O2. The normalized spacial score (nSPS) is 15.6. The van der Waals surface area contributed by atoms with Gasteiger partial charge in [0.2, 0.25) is 11.8 Å². The summed E-state index contributed by atoms with van der Waals surface area (Å²) < 4.78 is 0. The lowest BCUT2D eigenvalue weighted by atomic mass is 9.88.